The molecule has 0 aromatic heterocycles. The highest BCUT2D eigenvalue weighted by Gasteiger charge is 2.23. The fourth-order valence-electron chi connectivity index (χ4n) is 2.97. The van der Waals surface area contributed by atoms with Gasteiger partial charge in [0.05, 0.1) is 12.2 Å². The zero-order valence-electron chi connectivity index (χ0n) is 14.2. The monoisotopic (exact) mass is 306 g/mol. The van der Waals surface area contributed by atoms with Gasteiger partial charge in [0.15, 0.2) is 0 Å². The molecule has 0 saturated carbocycles. The molecule has 1 aliphatic rings. The lowest BCUT2D eigenvalue weighted by Gasteiger charge is -2.38. The maximum absolute atomic E-state index is 9.26. The largest absolute Gasteiger partial charge is 0.396 e. The van der Waals surface area contributed by atoms with Crippen LogP contribution in [0.2, 0.25) is 0 Å². The van der Waals surface area contributed by atoms with Crippen molar-refractivity contribution in [1.82, 2.24) is 5.32 Å². The summed E-state index contributed by atoms with van der Waals surface area (Å²) in [7, 11) is 0. The number of rotatable bonds is 6. The molecule has 22 heavy (non-hydrogen) atoms. The first-order chi connectivity index (χ1) is 10.5. The Morgan fingerprint density at radius 2 is 1.86 bits per heavy atom. The second-order valence-corrected chi connectivity index (χ2v) is 6.62. The lowest BCUT2D eigenvalue weighted by molar-refractivity contribution is -0.00526. The van der Waals surface area contributed by atoms with Crippen molar-refractivity contribution in [3.8, 4) is 0 Å². The van der Waals surface area contributed by atoms with Crippen molar-refractivity contribution in [1.29, 1.82) is 0 Å². The predicted molar refractivity (Wildman–Crippen MR) is 91.2 cm³/mol. The van der Waals surface area contributed by atoms with E-state index >= 15 is 0 Å². The molecule has 2 rings (SSSR count). The van der Waals surface area contributed by atoms with E-state index in [4.69, 9.17) is 4.74 Å². The summed E-state index contributed by atoms with van der Waals surface area (Å²) in [6, 6.07) is 8.86. The molecular formula is C18H30N2O2. The van der Waals surface area contributed by atoms with Gasteiger partial charge in [0.1, 0.15) is 0 Å². The SMILES string of the molecule is CC1CN(c2ccccc2CNC(C)C(C)CO)CC(C)O1. The third-order valence-electron chi connectivity index (χ3n) is 4.51. The van der Waals surface area contributed by atoms with Crippen LogP contribution < -0.4 is 10.2 Å². The summed E-state index contributed by atoms with van der Waals surface area (Å²) in [5, 5.41) is 12.8. The molecule has 0 bridgehead atoms. The van der Waals surface area contributed by atoms with Gasteiger partial charge in [-0.3, -0.25) is 0 Å². The van der Waals surface area contributed by atoms with E-state index in [0.29, 0.717) is 6.04 Å². The van der Waals surface area contributed by atoms with Crippen LogP contribution >= 0.6 is 0 Å². The Bertz CT molecular complexity index is 456. The molecule has 0 aliphatic carbocycles. The van der Waals surface area contributed by atoms with Gasteiger partial charge in [-0.05, 0) is 38.3 Å². The Morgan fingerprint density at radius 1 is 1.23 bits per heavy atom. The second-order valence-electron chi connectivity index (χ2n) is 6.62. The lowest BCUT2D eigenvalue weighted by Crippen LogP contribution is -2.46. The van der Waals surface area contributed by atoms with Crippen molar-refractivity contribution in [3.63, 3.8) is 0 Å². The topological polar surface area (TPSA) is 44.7 Å². The van der Waals surface area contributed by atoms with Crippen LogP contribution in [0.4, 0.5) is 5.69 Å². The molecular weight excluding hydrogens is 276 g/mol. The fraction of sp³-hybridized carbons (Fsp3) is 0.667. The first-order valence-corrected chi connectivity index (χ1v) is 8.33. The van der Waals surface area contributed by atoms with Gasteiger partial charge < -0.3 is 20.1 Å². The first kappa shape index (κ1) is 17.3. The minimum Gasteiger partial charge on any atom is -0.396 e. The molecule has 1 aliphatic heterocycles. The fourth-order valence-corrected chi connectivity index (χ4v) is 2.97. The van der Waals surface area contributed by atoms with Gasteiger partial charge in [-0.1, -0.05) is 25.1 Å². The molecule has 1 heterocycles. The number of para-hydroxylation sites is 1. The average molecular weight is 306 g/mol. The summed E-state index contributed by atoms with van der Waals surface area (Å²) >= 11 is 0. The average Bonchev–Trinajstić information content (AvgIpc) is 2.51. The molecule has 1 fully saturated rings. The van der Waals surface area contributed by atoms with Crippen LogP contribution in [0.3, 0.4) is 0 Å². The number of ether oxygens (including phenoxy) is 1. The van der Waals surface area contributed by atoms with Gasteiger partial charge in [0.25, 0.3) is 0 Å². The van der Waals surface area contributed by atoms with Crippen molar-refractivity contribution in [3.05, 3.63) is 29.8 Å². The van der Waals surface area contributed by atoms with Crippen LogP contribution in [0.25, 0.3) is 0 Å². The molecule has 0 amide bonds. The Morgan fingerprint density at radius 3 is 2.50 bits per heavy atom. The molecule has 4 unspecified atom stereocenters. The zero-order valence-corrected chi connectivity index (χ0v) is 14.2. The molecule has 4 nitrogen and oxygen atoms in total. The van der Waals surface area contributed by atoms with Crippen molar-refractivity contribution in [2.45, 2.75) is 52.5 Å². The minimum absolute atomic E-state index is 0.217. The summed E-state index contributed by atoms with van der Waals surface area (Å²) < 4.78 is 5.84. The highest BCUT2D eigenvalue weighted by Crippen LogP contribution is 2.24. The normalized spacial score (nSPS) is 25.0. The number of aliphatic hydroxyl groups excluding tert-OH is 1. The smallest absolute Gasteiger partial charge is 0.0726 e. The maximum Gasteiger partial charge on any atom is 0.0726 e. The van der Waals surface area contributed by atoms with Crippen LogP contribution in [0.1, 0.15) is 33.3 Å². The molecule has 1 saturated heterocycles. The zero-order chi connectivity index (χ0) is 16.1. The quantitative estimate of drug-likeness (QED) is 0.847. The van der Waals surface area contributed by atoms with E-state index in [1.54, 1.807) is 0 Å². The van der Waals surface area contributed by atoms with E-state index in [1.165, 1.54) is 11.3 Å². The summed E-state index contributed by atoms with van der Waals surface area (Å²) in [5.41, 5.74) is 2.60. The molecule has 4 heteroatoms. The lowest BCUT2D eigenvalue weighted by atomic mass is 10.0. The standard InChI is InChI=1S/C18H30N2O2/c1-13(12-21)16(4)19-9-17-7-5-6-8-18(17)20-10-14(2)22-15(3)11-20/h5-8,13-16,19,21H,9-12H2,1-4H3. The number of nitrogens with one attached hydrogen (secondary N) is 1. The van der Waals surface area contributed by atoms with E-state index in [-0.39, 0.29) is 24.7 Å². The van der Waals surface area contributed by atoms with E-state index in [1.807, 2.05) is 0 Å². The Kier molecular flexibility index (Phi) is 6.24. The number of aliphatic hydroxyl groups is 1. The van der Waals surface area contributed by atoms with Gasteiger partial charge >= 0.3 is 0 Å². The highest BCUT2D eigenvalue weighted by atomic mass is 16.5. The Balaban J connectivity index is 2.06. The highest BCUT2D eigenvalue weighted by molar-refractivity contribution is 5.54. The number of morpholine rings is 1. The van der Waals surface area contributed by atoms with Gasteiger partial charge in [0.2, 0.25) is 0 Å². The Labute approximate surface area is 134 Å². The van der Waals surface area contributed by atoms with Gasteiger partial charge in [0, 0.05) is 38.0 Å². The molecule has 124 valence electrons. The number of nitrogens with zero attached hydrogens (tertiary/aromatic N) is 1. The van der Waals surface area contributed by atoms with Crippen molar-refractivity contribution < 1.29 is 9.84 Å². The minimum atomic E-state index is 0.217. The summed E-state index contributed by atoms with van der Waals surface area (Å²) in [5.74, 6) is 0.260. The third-order valence-corrected chi connectivity index (χ3v) is 4.51. The molecule has 0 radical (unpaired) electrons. The molecule has 1 aromatic carbocycles. The van der Waals surface area contributed by atoms with E-state index in [9.17, 15) is 5.11 Å². The van der Waals surface area contributed by atoms with Crippen LogP contribution in [-0.2, 0) is 11.3 Å². The van der Waals surface area contributed by atoms with Crippen LogP contribution in [0.15, 0.2) is 24.3 Å². The summed E-state index contributed by atoms with van der Waals surface area (Å²) in [4.78, 5) is 2.43. The number of anilines is 1. The third kappa shape index (κ3) is 4.45. The first-order valence-electron chi connectivity index (χ1n) is 8.33. The van der Waals surface area contributed by atoms with Crippen LogP contribution in [0, 0.1) is 5.92 Å². The maximum atomic E-state index is 9.26. The van der Waals surface area contributed by atoms with Crippen LogP contribution in [0.5, 0.6) is 0 Å². The molecule has 0 spiro atoms. The summed E-state index contributed by atoms with van der Waals surface area (Å²) in [6.07, 6.45) is 0.524. The van der Waals surface area contributed by atoms with Crippen molar-refractivity contribution in [2.75, 3.05) is 24.6 Å². The molecule has 1 aromatic rings. The van der Waals surface area contributed by atoms with Crippen LogP contribution in [-0.4, -0.2) is 43.1 Å². The predicted octanol–water partition coefficient (Wildman–Crippen LogP) is 2.41. The second kappa shape index (κ2) is 7.95. The number of hydrogen-bond acceptors (Lipinski definition) is 4. The number of benzene rings is 1. The summed E-state index contributed by atoms with van der Waals surface area (Å²) in [6.45, 7) is 11.4. The molecule has 4 atom stereocenters. The van der Waals surface area contributed by atoms with E-state index in [0.717, 1.165) is 19.6 Å². The Hall–Kier alpha value is -1.10. The number of hydrogen-bond donors (Lipinski definition) is 2. The van der Waals surface area contributed by atoms with Crippen molar-refractivity contribution >= 4 is 5.69 Å². The van der Waals surface area contributed by atoms with E-state index in [2.05, 4.69) is 62.2 Å². The van der Waals surface area contributed by atoms with Gasteiger partial charge in [-0.2, -0.15) is 0 Å². The van der Waals surface area contributed by atoms with Crippen molar-refractivity contribution in [2.24, 2.45) is 5.92 Å². The van der Waals surface area contributed by atoms with E-state index < -0.39 is 0 Å². The molecule has 2 N–H and O–H groups in total. The van der Waals surface area contributed by atoms with Gasteiger partial charge in [-0.15, -0.1) is 0 Å². The van der Waals surface area contributed by atoms with Gasteiger partial charge in [-0.25, -0.2) is 0 Å².